The van der Waals surface area contributed by atoms with Crippen molar-refractivity contribution in [3.63, 3.8) is 0 Å². The third-order valence-electron chi connectivity index (χ3n) is 2.61. The molecule has 0 amide bonds. The van der Waals surface area contributed by atoms with E-state index in [-0.39, 0.29) is 17.9 Å². The van der Waals surface area contributed by atoms with Crippen LogP contribution in [0.15, 0.2) is 12.1 Å². The quantitative estimate of drug-likeness (QED) is 0.860. The number of nitrogens with two attached hydrogens (primary N) is 1. The smallest absolute Gasteiger partial charge is 0.190 e. The van der Waals surface area contributed by atoms with Crippen molar-refractivity contribution in [2.24, 2.45) is 5.73 Å². The summed E-state index contributed by atoms with van der Waals surface area (Å²) in [5.41, 5.74) is 5.58. The average Bonchev–Trinajstić information content (AvgIpc) is 2.15. The minimum absolute atomic E-state index is 0.0396. The summed E-state index contributed by atoms with van der Waals surface area (Å²) in [6, 6.07) is 2.37. The molecule has 1 aromatic rings. The number of ether oxygens (including phenoxy) is 2. The highest BCUT2D eigenvalue weighted by atomic mass is 19.1. The first-order chi connectivity index (χ1) is 7.60. The SMILES string of the molecule is COc1c(F)cc(OC2CC(N)C2)cc1F. The molecule has 0 unspecified atom stereocenters. The fourth-order valence-electron chi connectivity index (χ4n) is 1.69. The van der Waals surface area contributed by atoms with Crippen molar-refractivity contribution in [3.8, 4) is 11.5 Å². The van der Waals surface area contributed by atoms with Gasteiger partial charge in [0.15, 0.2) is 17.4 Å². The van der Waals surface area contributed by atoms with E-state index >= 15 is 0 Å². The van der Waals surface area contributed by atoms with Crippen LogP contribution in [0.2, 0.25) is 0 Å². The van der Waals surface area contributed by atoms with Gasteiger partial charge in [0.2, 0.25) is 0 Å². The van der Waals surface area contributed by atoms with Gasteiger partial charge < -0.3 is 15.2 Å². The largest absolute Gasteiger partial charge is 0.491 e. The highest BCUT2D eigenvalue weighted by Crippen LogP contribution is 2.30. The molecule has 1 aliphatic rings. The van der Waals surface area contributed by atoms with Crippen LogP contribution in [-0.2, 0) is 0 Å². The predicted molar refractivity (Wildman–Crippen MR) is 54.5 cm³/mol. The highest BCUT2D eigenvalue weighted by Gasteiger charge is 2.28. The van der Waals surface area contributed by atoms with Crippen LogP contribution < -0.4 is 15.2 Å². The monoisotopic (exact) mass is 229 g/mol. The molecular formula is C11H13F2NO2. The molecular weight excluding hydrogens is 216 g/mol. The molecule has 1 aromatic carbocycles. The molecule has 88 valence electrons. The maximum atomic E-state index is 13.3. The number of benzene rings is 1. The van der Waals surface area contributed by atoms with Crippen LogP contribution in [0.4, 0.5) is 8.78 Å². The second-order valence-corrected chi connectivity index (χ2v) is 3.89. The average molecular weight is 229 g/mol. The van der Waals surface area contributed by atoms with Crippen LogP contribution in [0.5, 0.6) is 11.5 Å². The summed E-state index contributed by atoms with van der Waals surface area (Å²) in [5.74, 6) is -1.74. The minimum Gasteiger partial charge on any atom is -0.491 e. The fraction of sp³-hybridized carbons (Fsp3) is 0.455. The molecule has 1 aliphatic carbocycles. The second kappa shape index (κ2) is 4.25. The maximum absolute atomic E-state index is 13.3. The Balaban J connectivity index is 2.10. The van der Waals surface area contributed by atoms with Crippen molar-refractivity contribution in [2.45, 2.75) is 25.0 Å². The Morgan fingerprint density at radius 3 is 2.25 bits per heavy atom. The predicted octanol–water partition coefficient (Wildman–Crippen LogP) is 1.84. The van der Waals surface area contributed by atoms with Gasteiger partial charge in [-0.25, -0.2) is 8.78 Å². The zero-order valence-corrected chi connectivity index (χ0v) is 8.87. The summed E-state index contributed by atoms with van der Waals surface area (Å²) in [5, 5.41) is 0. The lowest BCUT2D eigenvalue weighted by Gasteiger charge is -2.32. The van der Waals surface area contributed by atoms with Crippen LogP contribution in [0, 0.1) is 11.6 Å². The van der Waals surface area contributed by atoms with Gasteiger partial charge in [-0.05, 0) is 12.8 Å². The van der Waals surface area contributed by atoms with Gasteiger partial charge in [0.1, 0.15) is 11.9 Å². The van der Waals surface area contributed by atoms with E-state index in [0.717, 1.165) is 25.0 Å². The van der Waals surface area contributed by atoms with E-state index in [2.05, 4.69) is 4.74 Å². The summed E-state index contributed by atoms with van der Waals surface area (Å²) < 4.78 is 36.5. The molecule has 0 radical (unpaired) electrons. The Bertz CT molecular complexity index is 369. The number of hydrogen-bond donors (Lipinski definition) is 1. The molecule has 0 aromatic heterocycles. The second-order valence-electron chi connectivity index (χ2n) is 3.89. The molecule has 0 heterocycles. The van der Waals surface area contributed by atoms with Gasteiger partial charge in [0, 0.05) is 18.2 Å². The lowest BCUT2D eigenvalue weighted by atomic mass is 9.90. The van der Waals surface area contributed by atoms with Gasteiger partial charge in [-0.2, -0.15) is 0 Å². The van der Waals surface area contributed by atoms with E-state index in [1.54, 1.807) is 0 Å². The summed E-state index contributed by atoms with van der Waals surface area (Å²) in [7, 11) is 1.22. The number of hydrogen-bond acceptors (Lipinski definition) is 3. The lowest BCUT2D eigenvalue weighted by molar-refractivity contribution is 0.0999. The van der Waals surface area contributed by atoms with Crippen LogP contribution in [0.1, 0.15) is 12.8 Å². The van der Waals surface area contributed by atoms with Crippen molar-refractivity contribution in [3.05, 3.63) is 23.8 Å². The standard InChI is InChI=1S/C11H13F2NO2/c1-15-11-9(12)4-8(5-10(11)13)16-7-2-6(14)3-7/h4-7H,2-3,14H2,1H3. The van der Waals surface area contributed by atoms with Gasteiger partial charge in [-0.3, -0.25) is 0 Å². The van der Waals surface area contributed by atoms with Gasteiger partial charge in [-0.15, -0.1) is 0 Å². The van der Waals surface area contributed by atoms with Crippen molar-refractivity contribution in [2.75, 3.05) is 7.11 Å². The van der Waals surface area contributed by atoms with Crippen LogP contribution in [-0.4, -0.2) is 19.3 Å². The van der Waals surface area contributed by atoms with Crippen molar-refractivity contribution < 1.29 is 18.3 Å². The first kappa shape index (κ1) is 11.1. The summed E-state index contributed by atoms with van der Waals surface area (Å²) in [6.07, 6.45) is 1.40. The molecule has 16 heavy (non-hydrogen) atoms. The molecule has 0 saturated heterocycles. The molecule has 2 rings (SSSR count). The first-order valence-electron chi connectivity index (χ1n) is 5.05. The summed E-state index contributed by atoms with van der Waals surface area (Å²) in [4.78, 5) is 0. The molecule has 3 nitrogen and oxygen atoms in total. The van der Waals surface area contributed by atoms with E-state index < -0.39 is 17.4 Å². The van der Waals surface area contributed by atoms with E-state index in [9.17, 15) is 8.78 Å². The van der Waals surface area contributed by atoms with Gasteiger partial charge in [0.05, 0.1) is 7.11 Å². The number of halogens is 2. The third-order valence-corrected chi connectivity index (χ3v) is 2.61. The molecule has 0 bridgehead atoms. The van der Waals surface area contributed by atoms with E-state index in [1.165, 1.54) is 7.11 Å². The fourth-order valence-corrected chi connectivity index (χ4v) is 1.69. The Morgan fingerprint density at radius 2 is 1.81 bits per heavy atom. The zero-order chi connectivity index (χ0) is 11.7. The van der Waals surface area contributed by atoms with E-state index in [0.29, 0.717) is 0 Å². The van der Waals surface area contributed by atoms with E-state index in [1.807, 2.05) is 0 Å². The van der Waals surface area contributed by atoms with Crippen molar-refractivity contribution in [1.29, 1.82) is 0 Å². The molecule has 0 spiro atoms. The van der Waals surface area contributed by atoms with E-state index in [4.69, 9.17) is 10.5 Å². The zero-order valence-electron chi connectivity index (χ0n) is 8.87. The molecule has 1 fully saturated rings. The van der Waals surface area contributed by atoms with Crippen LogP contribution >= 0.6 is 0 Å². The molecule has 0 aliphatic heterocycles. The lowest BCUT2D eigenvalue weighted by Crippen LogP contribution is -2.43. The minimum atomic E-state index is -0.763. The Hall–Kier alpha value is -1.36. The summed E-state index contributed by atoms with van der Waals surface area (Å²) in [6.45, 7) is 0. The van der Waals surface area contributed by atoms with Crippen LogP contribution in [0.25, 0.3) is 0 Å². The summed E-state index contributed by atoms with van der Waals surface area (Å²) >= 11 is 0. The Labute approximate surface area is 92.1 Å². The molecule has 2 N–H and O–H groups in total. The Kier molecular flexibility index (Phi) is 2.96. The number of rotatable bonds is 3. The molecule has 0 atom stereocenters. The van der Waals surface area contributed by atoms with Crippen LogP contribution in [0.3, 0.4) is 0 Å². The highest BCUT2D eigenvalue weighted by molar-refractivity contribution is 5.35. The van der Waals surface area contributed by atoms with Crippen molar-refractivity contribution in [1.82, 2.24) is 0 Å². The van der Waals surface area contributed by atoms with Gasteiger partial charge >= 0.3 is 0 Å². The normalized spacial score (nSPS) is 23.8. The first-order valence-corrected chi connectivity index (χ1v) is 5.05. The maximum Gasteiger partial charge on any atom is 0.190 e. The number of methoxy groups -OCH3 is 1. The molecule has 1 saturated carbocycles. The van der Waals surface area contributed by atoms with Crippen molar-refractivity contribution >= 4 is 0 Å². The Morgan fingerprint density at radius 1 is 1.25 bits per heavy atom. The topological polar surface area (TPSA) is 44.5 Å². The molecule has 5 heteroatoms. The van der Waals surface area contributed by atoms with Gasteiger partial charge in [0.25, 0.3) is 0 Å². The van der Waals surface area contributed by atoms with Gasteiger partial charge in [-0.1, -0.05) is 0 Å². The third kappa shape index (κ3) is 2.09.